The molecule has 4 fully saturated rings. The van der Waals surface area contributed by atoms with Crippen molar-refractivity contribution in [3.05, 3.63) is 0 Å². The van der Waals surface area contributed by atoms with E-state index in [1.54, 1.807) is 0 Å². The first-order valence-corrected chi connectivity index (χ1v) is 11.2. The van der Waals surface area contributed by atoms with Gasteiger partial charge in [0.25, 0.3) is 0 Å². The highest BCUT2D eigenvalue weighted by Gasteiger charge is 2.61. The summed E-state index contributed by atoms with van der Waals surface area (Å²) in [5, 5.41) is 6.57. The van der Waals surface area contributed by atoms with Crippen molar-refractivity contribution in [3.63, 3.8) is 0 Å². The molecule has 0 spiro atoms. The second kappa shape index (κ2) is 6.22. The number of hydrogen-bond donors (Lipinski definition) is 2. The number of fused-ring (bicyclic) bond motifs is 5. The van der Waals surface area contributed by atoms with Crippen molar-refractivity contribution < 1.29 is 9.59 Å². The van der Waals surface area contributed by atoms with E-state index in [2.05, 4.69) is 45.3 Å². The Balaban J connectivity index is 1.55. The minimum Gasteiger partial charge on any atom is -0.353 e. The maximum Gasteiger partial charge on any atom is 0.224 e. The van der Waals surface area contributed by atoms with Crippen molar-refractivity contribution in [1.82, 2.24) is 10.6 Å². The van der Waals surface area contributed by atoms with Crippen LogP contribution >= 0.6 is 0 Å². The second-order valence-electron chi connectivity index (χ2n) is 11.5. The molecule has 7 atom stereocenters. The molecule has 2 amide bonds. The van der Waals surface area contributed by atoms with Gasteiger partial charge >= 0.3 is 0 Å². The number of amides is 2. The topological polar surface area (TPSA) is 58.2 Å². The first-order valence-electron chi connectivity index (χ1n) is 11.2. The third-order valence-corrected chi connectivity index (χ3v) is 8.91. The van der Waals surface area contributed by atoms with Gasteiger partial charge in [-0.25, -0.2) is 0 Å². The minimum absolute atomic E-state index is 0.150. The number of carbonyl (C=O) groups is 2. The summed E-state index contributed by atoms with van der Waals surface area (Å²) < 4.78 is 0. The molecule has 3 aliphatic carbocycles. The van der Waals surface area contributed by atoms with Crippen molar-refractivity contribution in [2.24, 2.45) is 34.5 Å². The van der Waals surface area contributed by atoms with E-state index in [0.29, 0.717) is 24.3 Å². The fourth-order valence-corrected chi connectivity index (χ4v) is 7.59. The van der Waals surface area contributed by atoms with Crippen LogP contribution in [-0.4, -0.2) is 23.4 Å². The third-order valence-electron chi connectivity index (χ3n) is 8.91. The minimum atomic E-state index is -0.158. The lowest BCUT2D eigenvalue weighted by Crippen LogP contribution is -2.61. The van der Waals surface area contributed by atoms with Gasteiger partial charge in [-0.15, -0.1) is 0 Å². The van der Waals surface area contributed by atoms with E-state index in [1.165, 1.54) is 19.3 Å². The zero-order chi connectivity index (χ0) is 19.6. The molecule has 4 heteroatoms. The molecular weight excluding hydrogens is 336 g/mol. The molecule has 4 rings (SSSR count). The van der Waals surface area contributed by atoms with Crippen LogP contribution in [0.25, 0.3) is 0 Å². The van der Waals surface area contributed by atoms with Crippen LogP contribution in [0.1, 0.15) is 86.0 Å². The monoisotopic (exact) mass is 374 g/mol. The van der Waals surface area contributed by atoms with Gasteiger partial charge in [0.2, 0.25) is 11.8 Å². The summed E-state index contributed by atoms with van der Waals surface area (Å²) in [6.45, 7) is 11.1. The van der Waals surface area contributed by atoms with Crippen molar-refractivity contribution in [2.75, 3.05) is 0 Å². The molecular formula is C23H38N2O2. The van der Waals surface area contributed by atoms with E-state index in [0.717, 1.165) is 31.6 Å². The molecule has 152 valence electrons. The molecule has 1 heterocycles. The van der Waals surface area contributed by atoms with Crippen LogP contribution in [0, 0.1) is 34.5 Å². The summed E-state index contributed by atoms with van der Waals surface area (Å²) in [5.41, 5.74) is 0.246. The fourth-order valence-electron chi connectivity index (χ4n) is 7.59. The van der Waals surface area contributed by atoms with Gasteiger partial charge in [0.05, 0.1) is 0 Å². The van der Waals surface area contributed by atoms with E-state index in [-0.39, 0.29) is 34.1 Å². The molecule has 1 aliphatic heterocycles. The standard InChI is InChI=1S/C23H38N2O2/c1-21(2,3)25-20(27)17-8-7-15-14-6-9-18-23(5,13-11-19(26)24-18)16(14)10-12-22(15,17)4/h14-18H,6-13H2,1-5H3,(H,24,26)(H,25,27)/t14-,15+,16+,17-,18-,22-,23-/m1/s1. The van der Waals surface area contributed by atoms with Crippen LogP contribution in [-0.2, 0) is 9.59 Å². The van der Waals surface area contributed by atoms with E-state index in [1.807, 2.05) is 0 Å². The van der Waals surface area contributed by atoms with Gasteiger partial charge in [-0.1, -0.05) is 13.8 Å². The predicted octanol–water partition coefficient (Wildman–Crippen LogP) is 4.04. The van der Waals surface area contributed by atoms with Crippen molar-refractivity contribution >= 4 is 11.8 Å². The zero-order valence-corrected chi connectivity index (χ0v) is 17.9. The lowest BCUT2D eigenvalue weighted by Gasteiger charge is -2.60. The molecule has 0 unspecified atom stereocenters. The lowest BCUT2D eigenvalue weighted by molar-refractivity contribution is -0.142. The number of piperidine rings is 1. The summed E-state index contributed by atoms with van der Waals surface area (Å²) in [6, 6.07) is 0.366. The van der Waals surface area contributed by atoms with E-state index >= 15 is 0 Å². The maximum absolute atomic E-state index is 13.0. The van der Waals surface area contributed by atoms with Gasteiger partial charge < -0.3 is 10.6 Å². The maximum atomic E-state index is 13.0. The summed E-state index contributed by atoms with van der Waals surface area (Å²) in [5.74, 6) is 2.79. The van der Waals surface area contributed by atoms with E-state index < -0.39 is 0 Å². The summed E-state index contributed by atoms with van der Waals surface area (Å²) in [4.78, 5) is 25.0. The summed E-state index contributed by atoms with van der Waals surface area (Å²) in [6.07, 6.45) is 8.71. The van der Waals surface area contributed by atoms with Crippen LogP contribution in [0.5, 0.6) is 0 Å². The number of carbonyl (C=O) groups excluding carboxylic acids is 2. The Hall–Kier alpha value is -1.06. The zero-order valence-electron chi connectivity index (χ0n) is 17.9. The van der Waals surface area contributed by atoms with Crippen LogP contribution in [0.2, 0.25) is 0 Å². The highest BCUT2D eigenvalue weighted by atomic mass is 16.2. The molecule has 0 bridgehead atoms. The van der Waals surface area contributed by atoms with Gasteiger partial charge in [0.1, 0.15) is 0 Å². The molecule has 4 nitrogen and oxygen atoms in total. The Kier molecular flexibility index (Phi) is 4.44. The third kappa shape index (κ3) is 3.02. The van der Waals surface area contributed by atoms with Gasteiger partial charge in [-0.3, -0.25) is 9.59 Å². The number of nitrogens with one attached hydrogen (secondary N) is 2. The number of rotatable bonds is 1. The second-order valence-corrected chi connectivity index (χ2v) is 11.5. The van der Waals surface area contributed by atoms with E-state index in [9.17, 15) is 9.59 Å². The van der Waals surface area contributed by atoms with Crippen molar-refractivity contribution in [3.8, 4) is 0 Å². The molecule has 27 heavy (non-hydrogen) atoms. The quantitative estimate of drug-likeness (QED) is 0.728. The van der Waals surface area contributed by atoms with Crippen molar-refractivity contribution in [2.45, 2.75) is 97.6 Å². The molecule has 0 aromatic heterocycles. The fraction of sp³-hybridized carbons (Fsp3) is 0.913. The Morgan fingerprint density at radius 3 is 2.41 bits per heavy atom. The largest absolute Gasteiger partial charge is 0.353 e. The average molecular weight is 375 g/mol. The van der Waals surface area contributed by atoms with Crippen LogP contribution < -0.4 is 10.6 Å². The average Bonchev–Trinajstić information content (AvgIpc) is 2.91. The molecule has 1 saturated heterocycles. The van der Waals surface area contributed by atoms with Gasteiger partial charge in [0, 0.05) is 23.9 Å². The SMILES string of the molecule is CC(C)(C)NC(=O)[C@H]1CC[C@H]2[C@H]3CC[C@H]4NC(=O)CC[C@]4(C)[C@H]3CC[C@@]12C. The Bertz CT molecular complexity index is 639. The molecule has 0 aromatic rings. The molecule has 2 N–H and O–H groups in total. The van der Waals surface area contributed by atoms with Crippen LogP contribution in [0.15, 0.2) is 0 Å². The number of hydrogen-bond acceptors (Lipinski definition) is 2. The normalized spacial score (nSPS) is 46.7. The molecule has 3 saturated carbocycles. The van der Waals surface area contributed by atoms with Gasteiger partial charge in [-0.05, 0) is 94.3 Å². The van der Waals surface area contributed by atoms with Gasteiger partial charge in [-0.2, -0.15) is 0 Å². The Morgan fingerprint density at radius 1 is 1.00 bits per heavy atom. The van der Waals surface area contributed by atoms with Crippen molar-refractivity contribution in [1.29, 1.82) is 0 Å². The smallest absolute Gasteiger partial charge is 0.224 e. The predicted molar refractivity (Wildman–Crippen MR) is 107 cm³/mol. The molecule has 4 aliphatic rings. The van der Waals surface area contributed by atoms with Crippen LogP contribution in [0.3, 0.4) is 0 Å². The molecule has 0 radical (unpaired) electrons. The first kappa shape index (κ1) is 19.3. The summed E-state index contributed by atoms with van der Waals surface area (Å²) >= 11 is 0. The van der Waals surface area contributed by atoms with Gasteiger partial charge in [0.15, 0.2) is 0 Å². The highest BCUT2D eigenvalue weighted by molar-refractivity contribution is 5.80. The van der Waals surface area contributed by atoms with Crippen LogP contribution in [0.4, 0.5) is 0 Å². The Morgan fingerprint density at radius 2 is 1.70 bits per heavy atom. The highest BCUT2D eigenvalue weighted by Crippen LogP contribution is 2.65. The molecule has 0 aromatic carbocycles. The Labute approximate surface area is 164 Å². The first-order chi connectivity index (χ1) is 12.5. The summed E-state index contributed by atoms with van der Waals surface area (Å²) in [7, 11) is 0. The lowest BCUT2D eigenvalue weighted by atomic mass is 9.47. The van der Waals surface area contributed by atoms with E-state index in [4.69, 9.17) is 0 Å².